The number of hydrogen-bond acceptors (Lipinski definition) is 1. The summed E-state index contributed by atoms with van der Waals surface area (Å²) in [7, 11) is 2.23. The van der Waals surface area contributed by atoms with Crippen LogP contribution >= 0.6 is 0 Å². The van der Waals surface area contributed by atoms with Crippen molar-refractivity contribution in [3.8, 4) is 0 Å². The molecule has 0 unspecified atom stereocenters. The third-order valence-electron chi connectivity index (χ3n) is 3.39. The molecule has 0 spiro atoms. The van der Waals surface area contributed by atoms with Gasteiger partial charge < -0.3 is 4.90 Å². The minimum atomic E-state index is 0.608. The van der Waals surface area contributed by atoms with E-state index in [0.29, 0.717) is 18.0 Å². The summed E-state index contributed by atoms with van der Waals surface area (Å²) in [6, 6.07) is 12.0. The van der Waals surface area contributed by atoms with Crippen molar-refractivity contribution >= 4 is 0 Å². The Kier molecular flexibility index (Phi) is 5.01. The van der Waals surface area contributed by atoms with E-state index in [0.717, 1.165) is 6.42 Å². The lowest BCUT2D eigenvalue weighted by molar-refractivity contribution is 0.152. The average molecular weight is 219 g/mol. The molecule has 0 aromatic heterocycles. The first-order chi connectivity index (χ1) is 7.52. The number of likely N-dealkylation sites (N-methyl/N-ethyl adjacent to an activating group) is 1. The van der Waals surface area contributed by atoms with E-state index in [9.17, 15) is 0 Å². The van der Waals surface area contributed by atoms with Crippen LogP contribution < -0.4 is 0 Å². The van der Waals surface area contributed by atoms with Gasteiger partial charge in [0.05, 0.1) is 0 Å². The molecule has 0 saturated carbocycles. The molecule has 0 radical (unpaired) electrons. The van der Waals surface area contributed by atoms with E-state index in [1.54, 1.807) is 0 Å². The first-order valence-corrected chi connectivity index (χ1v) is 6.28. The standard InChI is InChI=1S/C15H25N/c1-12(2)15(16(5)13(3)4)11-14-9-7-6-8-10-14/h6-10,12-13,15H,11H2,1-5H3/t15-/m1/s1. The molecular formula is C15H25N. The molecule has 0 aliphatic heterocycles. The van der Waals surface area contributed by atoms with E-state index in [1.165, 1.54) is 5.56 Å². The van der Waals surface area contributed by atoms with Crippen molar-refractivity contribution in [1.29, 1.82) is 0 Å². The minimum absolute atomic E-state index is 0.608. The van der Waals surface area contributed by atoms with Crippen molar-refractivity contribution in [1.82, 2.24) is 4.90 Å². The number of nitrogens with zero attached hydrogens (tertiary/aromatic N) is 1. The normalized spacial score (nSPS) is 13.8. The highest BCUT2D eigenvalue weighted by molar-refractivity contribution is 5.16. The van der Waals surface area contributed by atoms with E-state index in [4.69, 9.17) is 0 Å². The highest BCUT2D eigenvalue weighted by atomic mass is 15.2. The van der Waals surface area contributed by atoms with Crippen molar-refractivity contribution in [3.63, 3.8) is 0 Å². The predicted molar refractivity (Wildman–Crippen MR) is 71.7 cm³/mol. The van der Waals surface area contributed by atoms with Crippen molar-refractivity contribution in [2.45, 2.75) is 46.2 Å². The Morgan fingerprint density at radius 3 is 2.00 bits per heavy atom. The molecule has 1 heteroatoms. The fourth-order valence-corrected chi connectivity index (χ4v) is 2.09. The topological polar surface area (TPSA) is 3.24 Å². The Morgan fingerprint density at radius 2 is 1.56 bits per heavy atom. The number of benzene rings is 1. The fourth-order valence-electron chi connectivity index (χ4n) is 2.09. The minimum Gasteiger partial charge on any atom is -0.300 e. The summed E-state index contributed by atoms with van der Waals surface area (Å²) in [4.78, 5) is 2.48. The van der Waals surface area contributed by atoms with Crippen LogP contribution in [0.4, 0.5) is 0 Å². The maximum absolute atomic E-state index is 2.48. The van der Waals surface area contributed by atoms with Gasteiger partial charge in [-0.2, -0.15) is 0 Å². The molecule has 0 N–H and O–H groups in total. The molecule has 1 nitrogen and oxygen atoms in total. The van der Waals surface area contributed by atoms with Gasteiger partial charge in [0.25, 0.3) is 0 Å². The molecule has 90 valence electrons. The van der Waals surface area contributed by atoms with Crippen LogP contribution in [0.15, 0.2) is 30.3 Å². The van der Waals surface area contributed by atoms with Crippen molar-refractivity contribution in [2.75, 3.05) is 7.05 Å². The van der Waals surface area contributed by atoms with E-state index < -0.39 is 0 Å². The molecule has 0 aliphatic carbocycles. The molecular weight excluding hydrogens is 194 g/mol. The van der Waals surface area contributed by atoms with Crippen LogP contribution in [-0.2, 0) is 6.42 Å². The van der Waals surface area contributed by atoms with Crippen LogP contribution in [0.25, 0.3) is 0 Å². The summed E-state index contributed by atoms with van der Waals surface area (Å²) in [5.74, 6) is 0.688. The van der Waals surface area contributed by atoms with Gasteiger partial charge in [-0.05, 0) is 38.8 Å². The molecule has 1 atom stereocenters. The average Bonchev–Trinajstić information content (AvgIpc) is 2.26. The third-order valence-corrected chi connectivity index (χ3v) is 3.39. The summed E-state index contributed by atoms with van der Waals surface area (Å²) >= 11 is 0. The molecule has 0 aliphatic rings. The van der Waals surface area contributed by atoms with Gasteiger partial charge in [-0.1, -0.05) is 44.2 Å². The molecule has 1 rings (SSSR count). The number of rotatable bonds is 5. The first-order valence-electron chi connectivity index (χ1n) is 6.28. The van der Waals surface area contributed by atoms with Gasteiger partial charge in [0, 0.05) is 12.1 Å². The monoisotopic (exact) mass is 219 g/mol. The largest absolute Gasteiger partial charge is 0.300 e. The molecule has 0 amide bonds. The maximum Gasteiger partial charge on any atom is 0.0158 e. The maximum atomic E-state index is 2.48. The van der Waals surface area contributed by atoms with Crippen molar-refractivity contribution in [3.05, 3.63) is 35.9 Å². The molecule has 16 heavy (non-hydrogen) atoms. The Balaban J connectivity index is 2.73. The highest BCUT2D eigenvalue weighted by Crippen LogP contribution is 2.17. The second-order valence-electron chi connectivity index (χ2n) is 5.26. The molecule has 1 aromatic rings. The molecule has 1 aromatic carbocycles. The van der Waals surface area contributed by atoms with E-state index in [2.05, 4.69) is 70.0 Å². The second-order valence-corrected chi connectivity index (χ2v) is 5.26. The molecule has 0 fully saturated rings. The Hall–Kier alpha value is -0.820. The molecule has 0 bridgehead atoms. The van der Waals surface area contributed by atoms with Crippen molar-refractivity contribution < 1.29 is 0 Å². The van der Waals surface area contributed by atoms with Gasteiger partial charge in [0.1, 0.15) is 0 Å². The Labute approximate surface area is 100 Å². The van der Waals surface area contributed by atoms with Gasteiger partial charge in [0.2, 0.25) is 0 Å². The predicted octanol–water partition coefficient (Wildman–Crippen LogP) is 3.59. The van der Waals surface area contributed by atoms with Crippen LogP contribution in [0.5, 0.6) is 0 Å². The second kappa shape index (κ2) is 6.05. The summed E-state index contributed by atoms with van der Waals surface area (Å²) in [6.45, 7) is 9.15. The first kappa shape index (κ1) is 13.2. The zero-order chi connectivity index (χ0) is 12.1. The highest BCUT2D eigenvalue weighted by Gasteiger charge is 2.20. The molecule has 0 saturated heterocycles. The third kappa shape index (κ3) is 3.64. The van der Waals surface area contributed by atoms with E-state index in [1.807, 2.05) is 0 Å². The Bertz CT molecular complexity index is 290. The Morgan fingerprint density at radius 1 is 1.00 bits per heavy atom. The summed E-state index contributed by atoms with van der Waals surface area (Å²) < 4.78 is 0. The SMILES string of the molecule is CC(C)[C@@H](Cc1ccccc1)N(C)C(C)C. The van der Waals surface area contributed by atoms with Gasteiger partial charge in [-0.3, -0.25) is 0 Å². The molecule has 0 heterocycles. The van der Waals surface area contributed by atoms with Crippen LogP contribution in [0.1, 0.15) is 33.3 Å². The van der Waals surface area contributed by atoms with Crippen LogP contribution in [-0.4, -0.2) is 24.0 Å². The zero-order valence-corrected chi connectivity index (χ0v) is 11.3. The van der Waals surface area contributed by atoms with Crippen LogP contribution in [0.2, 0.25) is 0 Å². The quantitative estimate of drug-likeness (QED) is 0.731. The summed E-state index contributed by atoms with van der Waals surface area (Å²) in [6.07, 6.45) is 1.15. The summed E-state index contributed by atoms with van der Waals surface area (Å²) in [5, 5.41) is 0. The smallest absolute Gasteiger partial charge is 0.0158 e. The van der Waals surface area contributed by atoms with E-state index in [-0.39, 0.29) is 0 Å². The van der Waals surface area contributed by atoms with Gasteiger partial charge >= 0.3 is 0 Å². The summed E-state index contributed by atoms with van der Waals surface area (Å²) in [5.41, 5.74) is 1.44. The van der Waals surface area contributed by atoms with Crippen molar-refractivity contribution in [2.24, 2.45) is 5.92 Å². The lowest BCUT2D eigenvalue weighted by atomic mass is 9.94. The fraction of sp³-hybridized carbons (Fsp3) is 0.600. The van der Waals surface area contributed by atoms with Gasteiger partial charge in [-0.15, -0.1) is 0 Å². The lowest BCUT2D eigenvalue weighted by Gasteiger charge is -2.34. The van der Waals surface area contributed by atoms with Gasteiger partial charge in [-0.25, -0.2) is 0 Å². The number of hydrogen-bond donors (Lipinski definition) is 0. The van der Waals surface area contributed by atoms with Crippen LogP contribution in [0.3, 0.4) is 0 Å². The lowest BCUT2D eigenvalue weighted by Crippen LogP contribution is -2.41. The van der Waals surface area contributed by atoms with Gasteiger partial charge in [0.15, 0.2) is 0 Å². The van der Waals surface area contributed by atoms with Crippen LogP contribution in [0, 0.1) is 5.92 Å². The van der Waals surface area contributed by atoms with E-state index >= 15 is 0 Å². The zero-order valence-electron chi connectivity index (χ0n) is 11.3.